The van der Waals surface area contributed by atoms with Gasteiger partial charge in [0.25, 0.3) is 5.91 Å². The van der Waals surface area contributed by atoms with E-state index < -0.39 is 0 Å². The standard InChI is InChI=1S/C20H26FN5O/c1-15(2)7-9-22-19(27)18-8-10-23-20(24-18)26-13-11-25(12-14-26)17-5-3-16(21)4-6-17/h3-6,8,10,15H,7,9,11-14H2,1-2H3,(H,22,27). The van der Waals surface area contributed by atoms with Crippen LogP contribution < -0.4 is 15.1 Å². The molecule has 144 valence electrons. The minimum absolute atomic E-state index is 0.163. The number of benzene rings is 1. The SMILES string of the molecule is CC(C)CCNC(=O)c1ccnc(N2CCN(c3ccc(F)cc3)CC2)n1. The second-order valence-corrected chi connectivity index (χ2v) is 7.13. The number of anilines is 2. The van der Waals surface area contributed by atoms with Crippen molar-refractivity contribution in [2.45, 2.75) is 20.3 Å². The molecule has 0 radical (unpaired) electrons. The van der Waals surface area contributed by atoms with Gasteiger partial charge in [0.15, 0.2) is 0 Å². The molecule has 1 N–H and O–H groups in total. The van der Waals surface area contributed by atoms with Crippen molar-refractivity contribution in [3.05, 3.63) is 48.0 Å². The summed E-state index contributed by atoms with van der Waals surface area (Å²) in [4.78, 5) is 25.3. The molecule has 0 spiro atoms. The van der Waals surface area contributed by atoms with Crippen LogP contribution in [-0.4, -0.2) is 48.6 Å². The van der Waals surface area contributed by atoms with Gasteiger partial charge in [-0.2, -0.15) is 0 Å². The van der Waals surface area contributed by atoms with Gasteiger partial charge in [0.2, 0.25) is 5.95 Å². The summed E-state index contributed by atoms with van der Waals surface area (Å²) < 4.78 is 13.1. The topological polar surface area (TPSA) is 61.4 Å². The van der Waals surface area contributed by atoms with E-state index in [1.807, 2.05) is 0 Å². The van der Waals surface area contributed by atoms with Crippen LogP contribution in [0.15, 0.2) is 36.5 Å². The number of halogens is 1. The number of nitrogens with zero attached hydrogens (tertiary/aromatic N) is 4. The first kappa shape index (κ1) is 19.1. The van der Waals surface area contributed by atoms with Crippen molar-refractivity contribution in [1.29, 1.82) is 0 Å². The Morgan fingerprint density at radius 3 is 2.44 bits per heavy atom. The number of carbonyl (C=O) groups is 1. The molecule has 0 aliphatic carbocycles. The van der Waals surface area contributed by atoms with Crippen molar-refractivity contribution >= 4 is 17.5 Å². The molecule has 6 nitrogen and oxygen atoms in total. The summed E-state index contributed by atoms with van der Waals surface area (Å²) in [6.07, 6.45) is 2.57. The highest BCUT2D eigenvalue weighted by Gasteiger charge is 2.20. The Morgan fingerprint density at radius 2 is 1.78 bits per heavy atom. The second-order valence-electron chi connectivity index (χ2n) is 7.13. The summed E-state index contributed by atoms with van der Waals surface area (Å²) >= 11 is 0. The third kappa shape index (κ3) is 5.15. The molecule has 1 saturated heterocycles. The van der Waals surface area contributed by atoms with Crippen molar-refractivity contribution in [2.24, 2.45) is 5.92 Å². The molecular formula is C20H26FN5O. The largest absolute Gasteiger partial charge is 0.368 e. The van der Waals surface area contributed by atoms with E-state index in [1.165, 1.54) is 12.1 Å². The molecule has 1 aromatic carbocycles. The predicted octanol–water partition coefficient (Wildman–Crippen LogP) is 2.72. The minimum Gasteiger partial charge on any atom is -0.368 e. The number of amides is 1. The van der Waals surface area contributed by atoms with Gasteiger partial charge in [0, 0.05) is 44.6 Å². The van der Waals surface area contributed by atoms with Crippen LogP contribution in [0.3, 0.4) is 0 Å². The normalized spacial score (nSPS) is 14.5. The molecule has 0 bridgehead atoms. The molecule has 1 aliphatic rings. The van der Waals surface area contributed by atoms with Crippen molar-refractivity contribution in [2.75, 3.05) is 42.5 Å². The third-order valence-electron chi connectivity index (χ3n) is 4.64. The predicted molar refractivity (Wildman–Crippen MR) is 105 cm³/mol. The monoisotopic (exact) mass is 371 g/mol. The number of hydrogen-bond acceptors (Lipinski definition) is 5. The van der Waals surface area contributed by atoms with Crippen molar-refractivity contribution < 1.29 is 9.18 Å². The molecule has 1 amide bonds. The molecule has 7 heteroatoms. The number of hydrogen-bond donors (Lipinski definition) is 1. The number of piperazine rings is 1. The Labute approximate surface area is 159 Å². The van der Waals surface area contributed by atoms with Crippen molar-refractivity contribution in [3.8, 4) is 0 Å². The molecule has 0 unspecified atom stereocenters. The van der Waals surface area contributed by atoms with Gasteiger partial charge < -0.3 is 15.1 Å². The van der Waals surface area contributed by atoms with Gasteiger partial charge in [0.05, 0.1) is 0 Å². The summed E-state index contributed by atoms with van der Waals surface area (Å²) in [5.41, 5.74) is 1.40. The van der Waals surface area contributed by atoms with Gasteiger partial charge in [0.1, 0.15) is 11.5 Å². The first-order valence-electron chi connectivity index (χ1n) is 9.39. The highest BCUT2D eigenvalue weighted by molar-refractivity contribution is 5.92. The van der Waals surface area contributed by atoms with Crippen LogP contribution >= 0.6 is 0 Å². The van der Waals surface area contributed by atoms with E-state index in [0.29, 0.717) is 24.1 Å². The lowest BCUT2D eigenvalue weighted by molar-refractivity contribution is 0.0947. The zero-order valence-corrected chi connectivity index (χ0v) is 15.9. The minimum atomic E-state index is -0.228. The molecule has 27 heavy (non-hydrogen) atoms. The smallest absolute Gasteiger partial charge is 0.270 e. The summed E-state index contributed by atoms with van der Waals surface area (Å²) in [5.74, 6) is 0.729. The lowest BCUT2D eigenvalue weighted by Gasteiger charge is -2.36. The van der Waals surface area contributed by atoms with Crippen LogP contribution in [0.4, 0.5) is 16.0 Å². The Hall–Kier alpha value is -2.70. The molecule has 0 atom stereocenters. The van der Waals surface area contributed by atoms with Crippen LogP contribution in [0.5, 0.6) is 0 Å². The van der Waals surface area contributed by atoms with Gasteiger partial charge >= 0.3 is 0 Å². The van der Waals surface area contributed by atoms with E-state index in [1.54, 1.807) is 24.4 Å². The Bertz CT molecular complexity index is 757. The Morgan fingerprint density at radius 1 is 1.11 bits per heavy atom. The maximum absolute atomic E-state index is 13.1. The second kappa shape index (κ2) is 8.79. The molecule has 3 rings (SSSR count). The molecular weight excluding hydrogens is 345 g/mol. The summed E-state index contributed by atoms with van der Waals surface area (Å²) in [6, 6.07) is 8.19. The average molecular weight is 371 g/mol. The van der Waals surface area contributed by atoms with E-state index in [4.69, 9.17) is 0 Å². The van der Waals surface area contributed by atoms with Crippen LogP contribution in [0.1, 0.15) is 30.8 Å². The van der Waals surface area contributed by atoms with E-state index in [9.17, 15) is 9.18 Å². The van der Waals surface area contributed by atoms with Crippen LogP contribution in [0, 0.1) is 11.7 Å². The molecule has 1 fully saturated rings. The highest BCUT2D eigenvalue weighted by atomic mass is 19.1. The fourth-order valence-electron chi connectivity index (χ4n) is 3.01. The van der Waals surface area contributed by atoms with Crippen molar-refractivity contribution in [1.82, 2.24) is 15.3 Å². The molecule has 0 saturated carbocycles. The lowest BCUT2D eigenvalue weighted by Crippen LogP contribution is -2.47. The maximum atomic E-state index is 13.1. The summed E-state index contributed by atoms with van der Waals surface area (Å²) in [7, 11) is 0. The Balaban J connectivity index is 1.58. The zero-order valence-electron chi connectivity index (χ0n) is 15.9. The molecule has 2 aromatic rings. The number of rotatable bonds is 6. The lowest BCUT2D eigenvalue weighted by atomic mass is 10.1. The summed E-state index contributed by atoms with van der Waals surface area (Å²) in [6.45, 7) is 7.97. The first-order chi connectivity index (χ1) is 13.0. The van der Waals surface area contributed by atoms with Crippen LogP contribution in [0.25, 0.3) is 0 Å². The third-order valence-corrected chi connectivity index (χ3v) is 4.64. The van der Waals surface area contributed by atoms with E-state index in [-0.39, 0.29) is 11.7 Å². The van der Waals surface area contributed by atoms with Crippen LogP contribution in [-0.2, 0) is 0 Å². The number of carbonyl (C=O) groups excluding carboxylic acids is 1. The fourth-order valence-corrected chi connectivity index (χ4v) is 3.01. The average Bonchev–Trinajstić information content (AvgIpc) is 2.68. The highest BCUT2D eigenvalue weighted by Crippen LogP contribution is 2.18. The maximum Gasteiger partial charge on any atom is 0.270 e. The van der Waals surface area contributed by atoms with Gasteiger partial charge in [-0.05, 0) is 42.7 Å². The quantitative estimate of drug-likeness (QED) is 0.846. The van der Waals surface area contributed by atoms with Gasteiger partial charge in [-0.3, -0.25) is 4.79 Å². The van der Waals surface area contributed by atoms with E-state index >= 15 is 0 Å². The molecule has 1 aliphatic heterocycles. The van der Waals surface area contributed by atoms with Gasteiger partial charge in [-0.25, -0.2) is 14.4 Å². The van der Waals surface area contributed by atoms with Gasteiger partial charge in [-0.1, -0.05) is 13.8 Å². The van der Waals surface area contributed by atoms with Gasteiger partial charge in [-0.15, -0.1) is 0 Å². The van der Waals surface area contributed by atoms with Crippen LogP contribution in [0.2, 0.25) is 0 Å². The molecule has 2 heterocycles. The van der Waals surface area contributed by atoms with E-state index in [0.717, 1.165) is 38.3 Å². The summed E-state index contributed by atoms with van der Waals surface area (Å²) in [5, 5.41) is 2.91. The number of aromatic nitrogens is 2. The zero-order chi connectivity index (χ0) is 19.2. The molecule has 1 aromatic heterocycles. The fraction of sp³-hybridized carbons (Fsp3) is 0.450. The number of nitrogens with one attached hydrogen (secondary N) is 1. The van der Waals surface area contributed by atoms with E-state index in [2.05, 4.69) is 38.9 Å². The van der Waals surface area contributed by atoms with Crippen molar-refractivity contribution in [3.63, 3.8) is 0 Å². The first-order valence-corrected chi connectivity index (χ1v) is 9.39. The Kier molecular flexibility index (Phi) is 6.21.